The van der Waals surface area contributed by atoms with E-state index in [-0.39, 0.29) is 30.9 Å². The fourth-order valence-electron chi connectivity index (χ4n) is 4.58. The maximum Gasteiger partial charge on any atom is 0.414 e. The molecule has 2 aromatic rings. The Labute approximate surface area is 210 Å². The van der Waals surface area contributed by atoms with Gasteiger partial charge in [-0.25, -0.2) is 4.79 Å². The van der Waals surface area contributed by atoms with Crippen LogP contribution < -0.4 is 10.6 Å². The summed E-state index contributed by atoms with van der Waals surface area (Å²) in [4.78, 5) is 30.3. The zero-order chi connectivity index (χ0) is 25.5. The number of hydrogen-bond donors (Lipinski definition) is 2. The fraction of sp³-hybridized carbons (Fsp3) is 0.435. The number of anilines is 1. The number of benzene rings is 1. The summed E-state index contributed by atoms with van der Waals surface area (Å²) in [6, 6.07) is 3.89. The molecule has 12 heteroatoms. The third-order valence-electron chi connectivity index (χ3n) is 6.42. The minimum Gasteiger partial charge on any atom is -0.380 e. The van der Waals surface area contributed by atoms with E-state index < -0.39 is 24.0 Å². The highest BCUT2D eigenvalue weighted by atomic mass is 35.5. The van der Waals surface area contributed by atoms with Crippen molar-refractivity contribution in [1.82, 2.24) is 20.1 Å². The molecule has 1 aliphatic carbocycles. The van der Waals surface area contributed by atoms with Gasteiger partial charge in [0.15, 0.2) is 6.04 Å². The van der Waals surface area contributed by atoms with Crippen molar-refractivity contribution < 1.29 is 22.8 Å². The van der Waals surface area contributed by atoms with Gasteiger partial charge in [0.1, 0.15) is 0 Å². The molecule has 2 N–H and O–H groups in total. The lowest BCUT2D eigenvalue weighted by Gasteiger charge is -2.41. The Morgan fingerprint density at radius 2 is 1.89 bits per heavy atom. The van der Waals surface area contributed by atoms with Crippen LogP contribution in [0.2, 0.25) is 10.0 Å². The van der Waals surface area contributed by atoms with Crippen LogP contribution >= 0.6 is 23.2 Å². The van der Waals surface area contributed by atoms with Gasteiger partial charge in [0.2, 0.25) is 5.91 Å². The minimum absolute atomic E-state index is 0.00170. The van der Waals surface area contributed by atoms with E-state index in [9.17, 15) is 22.8 Å². The number of carbonyl (C=O) groups excluding carboxylic acids is 2. The highest BCUT2D eigenvalue weighted by Gasteiger charge is 2.48. The van der Waals surface area contributed by atoms with Gasteiger partial charge in [-0.2, -0.15) is 13.2 Å². The smallest absolute Gasteiger partial charge is 0.380 e. The lowest BCUT2D eigenvalue weighted by molar-refractivity contribution is -0.192. The maximum absolute atomic E-state index is 14.0. The quantitative estimate of drug-likeness (QED) is 0.605. The van der Waals surface area contributed by atoms with Gasteiger partial charge in [-0.15, -0.1) is 0 Å². The number of aromatic nitrogens is 1. The summed E-state index contributed by atoms with van der Waals surface area (Å²) in [7, 11) is 2.56. The molecule has 2 aliphatic rings. The second-order valence-electron chi connectivity index (χ2n) is 8.77. The number of fused-ring (bicyclic) bond motifs is 1. The molecule has 4 rings (SSSR count). The molecule has 188 valence electrons. The number of nitrogens with one attached hydrogen (secondary N) is 2. The zero-order valence-corrected chi connectivity index (χ0v) is 20.5. The first-order valence-corrected chi connectivity index (χ1v) is 11.7. The summed E-state index contributed by atoms with van der Waals surface area (Å²) >= 11 is 12.4. The average molecular weight is 530 g/mol. The average Bonchev–Trinajstić information content (AvgIpc) is 3.18. The molecule has 1 fully saturated rings. The Bertz CT molecular complexity index is 1120. The maximum atomic E-state index is 14.0. The molecule has 0 spiro atoms. The van der Waals surface area contributed by atoms with Crippen LogP contribution in [-0.4, -0.2) is 66.1 Å². The van der Waals surface area contributed by atoms with Gasteiger partial charge >= 0.3 is 12.2 Å². The Hall–Kier alpha value is -2.72. The van der Waals surface area contributed by atoms with E-state index in [1.54, 1.807) is 6.07 Å². The van der Waals surface area contributed by atoms with Crippen LogP contribution in [0.3, 0.4) is 0 Å². The van der Waals surface area contributed by atoms with Crippen molar-refractivity contribution >= 4 is 40.8 Å². The number of alkyl halides is 3. The van der Waals surface area contributed by atoms with Crippen LogP contribution in [0.4, 0.5) is 23.7 Å². The molecule has 0 radical (unpaired) electrons. The van der Waals surface area contributed by atoms with Gasteiger partial charge in [0.25, 0.3) is 0 Å². The van der Waals surface area contributed by atoms with E-state index in [2.05, 4.69) is 15.6 Å². The predicted octanol–water partition coefficient (Wildman–Crippen LogP) is 4.30. The van der Waals surface area contributed by atoms with Crippen LogP contribution in [0.15, 0.2) is 30.5 Å². The van der Waals surface area contributed by atoms with Gasteiger partial charge in [0.05, 0.1) is 33.5 Å². The first-order valence-electron chi connectivity index (χ1n) is 11.0. The number of rotatable bonds is 5. The molecular weight excluding hydrogens is 506 g/mol. The molecule has 0 saturated carbocycles. The van der Waals surface area contributed by atoms with Gasteiger partial charge in [0, 0.05) is 33.2 Å². The normalized spacial score (nSPS) is 18.5. The van der Waals surface area contributed by atoms with E-state index in [0.717, 1.165) is 18.2 Å². The molecule has 35 heavy (non-hydrogen) atoms. The zero-order valence-electron chi connectivity index (χ0n) is 19.0. The molecule has 1 saturated heterocycles. The second kappa shape index (κ2) is 9.73. The summed E-state index contributed by atoms with van der Waals surface area (Å²) in [6.07, 6.45) is -2.06. The predicted molar refractivity (Wildman–Crippen MR) is 127 cm³/mol. The molecule has 1 aromatic heterocycles. The van der Waals surface area contributed by atoms with Crippen molar-refractivity contribution in [1.29, 1.82) is 0 Å². The number of hydrogen-bond acceptors (Lipinski definition) is 4. The van der Waals surface area contributed by atoms with Gasteiger partial charge in [-0.1, -0.05) is 29.3 Å². The Morgan fingerprint density at radius 3 is 2.49 bits per heavy atom. The summed E-state index contributed by atoms with van der Waals surface area (Å²) in [5.74, 6) is -1.37. The van der Waals surface area contributed by atoms with Crippen LogP contribution in [0.1, 0.15) is 22.9 Å². The van der Waals surface area contributed by atoms with E-state index in [4.69, 9.17) is 23.2 Å². The third-order valence-corrected chi connectivity index (χ3v) is 7.27. The van der Waals surface area contributed by atoms with E-state index in [0.29, 0.717) is 33.5 Å². The summed E-state index contributed by atoms with van der Waals surface area (Å²) in [5.41, 5.74) is 2.31. The minimum atomic E-state index is -4.72. The number of halogens is 5. The summed E-state index contributed by atoms with van der Waals surface area (Å²) in [6.45, 7) is 0.144. The summed E-state index contributed by atoms with van der Waals surface area (Å²) < 4.78 is 41.9. The van der Waals surface area contributed by atoms with Crippen molar-refractivity contribution in [3.63, 3.8) is 0 Å². The SMILES string of the molecule is CNC(=O)N1CC(C(=O)N(C)[C@@H](c2ccc(NC3Cc4ccc(Cl)c(Cl)c4C3)cn2)C(F)(F)F)C1. The lowest BCUT2D eigenvalue weighted by atomic mass is 9.97. The molecule has 2 heterocycles. The topological polar surface area (TPSA) is 77.6 Å². The Morgan fingerprint density at radius 1 is 1.17 bits per heavy atom. The van der Waals surface area contributed by atoms with Crippen LogP contribution in [0.5, 0.6) is 0 Å². The first kappa shape index (κ1) is 25.4. The van der Waals surface area contributed by atoms with E-state index in [1.807, 2.05) is 6.07 Å². The third kappa shape index (κ3) is 5.13. The van der Waals surface area contributed by atoms with Crippen LogP contribution in [0.25, 0.3) is 0 Å². The number of amides is 3. The summed E-state index contributed by atoms with van der Waals surface area (Å²) in [5, 5.41) is 6.71. The Kier molecular flexibility index (Phi) is 7.06. The number of urea groups is 1. The van der Waals surface area contributed by atoms with Crippen molar-refractivity contribution in [2.45, 2.75) is 31.1 Å². The van der Waals surface area contributed by atoms with Gasteiger partial charge in [-0.05, 0) is 42.2 Å². The number of pyridine rings is 1. The van der Waals surface area contributed by atoms with Crippen molar-refractivity contribution in [2.24, 2.45) is 5.92 Å². The molecule has 3 amide bonds. The van der Waals surface area contributed by atoms with Crippen molar-refractivity contribution in [2.75, 3.05) is 32.5 Å². The molecule has 7 nitrogen and oxygen atoms in total. The van der Waals surface area contributed by atoms with Crippen LogP contribution in [0, 0.1) is 5.92 Å². The molecule has 1 aliphatic heterocycles. The number of carbonyl (C=O) groups is 2. The fourth-order valence-corrected chi connectivity index (χ4v) is 5.02. The largest absolute Gasteiger partial charge is 0.414 e. The van der Waals surface area contributed by atoms with Crippen molar-refractivity contribution in [3.05, 3.63) is 57.3 Å². The number of nitrogens with zero attached hydrogens (tertiary/aromatic N) is 3. The standard InChI is InChI=1S/C23H24Cl2F3N5O2/c1-29-22(35)33-10-13(11-33)21(34)32(2)20(23(26,27)28)18-6-4-14(9-30-18)31-15-7-12-3-5-17(24)19(25)16(12)8-15/h3-6,9,13,15,20,31H,7-8,10-11H2,1-2H3,(H,29,35)/t15?,20-/m0/s1. The van der Waals surface area contributed by atoms with E-state index in [1.165, 1.54) is 30.3 Å². The molecule has 2 atom stereocenters. The molecule has 1 aromatic carbocycles. The molecule has 1 unspecified atom stereocenters. The van der Waals surface area contributed by atoms with Crippen molar-refractivity contribution in [3.8, 4) is 0 Å². The van der Waals surface area contributed by atoms with E-state index >= 15 is 0 Å². The number of likely N-dealkylation sites (tertiary alicyclic amines) is 1. The van der Waals surface area contributed by atoms with Gasteiger partial charge in [-0.3, -0.25) is 9.78 Å². The Balaban J connectivity index is 1.43. The highest BCUT2D eigenvalue weighted by molar-refractivity contribution is 6.42. The second-order valence-corrected chi connectivity index (χ2v) is 9.56. The lowest BCUT2D eigenvalue weighted by Crippen LogP contribution is -2.58. The van der Waals surface area contributed by atoms with Gasteiger partial charge < -0.3 is 20.4 Å². The molecular formula is C23H24Cl2F3N5O2. The molecule has 0 bridgehead atoms. The first-order chi connectivity index (χ1) is 16.5. The van der Waals surface area contributed by atoms with Crippen LogP contribution in [-0.2, 0) is 17.6 Å². The highest BCUT2D eigenvalue weighted by Crippen LogP contribution is 2.38. The monoisotopic (exact) mass is 529 g/mol.